The highest BCUT2D eigenvalue weighted by molar-refractivity contribution is 7.80. The minimum absolute atomic E-state index is 0.0923. The summed E-state index contributed by atoms with van der Waals surface area (Å²) >= 11 is 5.16. The van der Waals surface area contributed by atoms with Crippen LogP contribution >= 0.6 is 12.2 Å². The van der Waals surface area contributed by atoms with Crippen molar-refractivity contribution in [2.24, 2.45) is 5.73 Å². The molecule has 4 N–H and O–H groups in total. The van der Waals surface area contributed by atoms with Crippen molar-refractivity contribution in [1.29, 1.82) is 0 Å². The molecule has 2 amide bonds. The maximum absolute atomic E-state index is 12.1. The summed E-state index contributed by atoms with van der Waals surface area (Å²) in [4.78, 5) is 14.6. The molecule has 108 valence electrons. The lowest BCUT2D eigenvalue weighted by molar-refractivity contribution is 0.181. The summed E-state index contributed by atoms with van der Waals surface area (Å²) in [6, 6.07) is -0.109. The number of hydrogen-bond acceptors (Lipinski definition) is 4. The Labute approximate surface area is 119 Å². The lowest BCUT2D eigenvalue weighted by atomic mass is 9.87. The summed E-state index contributed by atoms with van der Waals surface area (Å²) < 4.78 is 5.23. The SMILES string of the molecule is CN1CCC(NC(=O)NC2CCOC2)(C(N)=S)CC1. The number of hydrogen-bond donors (Lipinski definition) is 3. The fourth-order valence-corrected chi connectivity index (χ4v) is 2.78. The van der Waals surface area contributed by atoms with E-state index in [1.165, 1.54) is 0 Å². The van der Waals surface area contributed by atoms with Crippen molar-refractivity contribution in [1.82, 2.24) is 15.5 Å². The molecule has 2 aliphatic heterocycles. The number of nitrogens with one attached hydrogen (secondary N) is 2. The topological polar surface area (TPSA) is 79.6 Å². The zero-order valence-corrected chi connectivity index (χ0v) is 12.1. The van der Waals surface area contributed by atoms with Crippen molar-refractivity contribution in [3.8, 4) is 0 Å². The number of carbonyl (C=O) groups excluding carboxylic acids is 1. The number of thiocarbonyl (C=S) groups is 1. The third-order valence-corrected chi connectivity index (χ3v) is 4.32. The van der Waals surface area contributed by atoms with E-state index in [1.807, 2.05) is 0 Å². The summed E-state index contributed by atoms with van der Waals surface area (Å²) in [6.45, 7) is 3.04. The van der Waals surface area contributed by atoms with E-state index in [2.05, 4.69) is 22.6 Å². The highest BCUT2D eigenvalue weighted by Crippen LogP contribution is 2.22. The predicted octanol–water partition coefficient (Wildman–Crippen LogP) is -0.175. The number of carbonyl (C=O) groups is 1. The maximum Gasteiger partial charge on any atom is 0.315 e. The second kappa shape index (κ2) is 6.02. The van der Waals surface area contributed by atoms with E-state index < -0.39 is 5.54 Å². The molecule has 0 radical (unpaired) electrons. The Hall–Kier alpha value is -0.920. The second-order valence-corrected chi connectivity index (χ2v) is 5.85. The van der Waals surface area contributed by atoms with Gasteiger partial charge in [0.2, 0.25) is 0 Å². The number of nitrogens with zero attached hydrogens (tertiary/aromatic N) is 1. The van der Waals surface area contributed by atoms with Gasteiger partial charge in [0.15, 0.2) is 0 Å². The highest BCUT2D eigenvalue weighted by Gasteiger charge is 2.38. The first-order valence-corrected chi connectivity index (χ1v) is 7.07. The summed E-state index contributed by atoms with van der Waals surface area (Å²) in [7, 11) is 2.05. The molecule has 0 aromatic carbocycles. The first-order chi connectivity index (χ1) is 9.02. The molecule has 7 heteroatoms. The van der Waals surface area contributed by atoms with Gasteiger partial charge in [0.25, 0.3) is 0 Å². The maximum atomic E-state index is 12.1. The van der Waals surface area contributed by atoms with Gasteiger partial charge >= 0.3 is 6.03 Å². The van der Waals surface area contributed by atoms with Gasteiger partial charge in [0.05, 0.1) is 23.2 Å². The van der Waals surface area contributed by atoms with Gasteiger partial charge in [0.1, 0.15) is 0 Å². The minimum atomic E-state index is -0.550. The Bertz CT molecular complexity index is 350. The van der Waals surface area contributed by atoms with Gasteiger partial charge in [-0.2, -0.15) is 0 Å². The number of piperidine rings is 1. The zero-order chi connectivity index (χ0) is 13.9. The molecule has 0 saturated carbocycles. The van der Waals surface area contributed by atoms with Crippen molar-refractivity contribution >= 4 is 23.2 Å². The average molecular weight is 286 g/mol. The Kier molecular flexibility index (Phi) is 4.59. The van der Waals surface area contributed by atoms with Crippen LogP contribution in [0.25, 0.3) is 0 Å². The average Bonchev–Trinajstić information content (AvgIpc) is 2.84. The van der Waals surface area contributed by atoms with Gasteiger partial charge < -0.3 is 26.0 Å². The Balaban J connectivity index is 1.92. The molecule has 0 aromatic rings. The second-order valence-electron chi connectivity index (χ2n) is 5.41. The fraction of sp³-hybridized carbons (Fsp3) is 0.833. The molecule has 0 aromatic heterocycles. The molecule has 2 saturated heterocycles. The zero-order valence-electron chi connectivity index (χ0n) is 11.3. The lowest BCUT2D eigenvalue weighted by Gasteiger charge is -2.40. The smallest absolute Gasteiger partial charge is 0.315 e. The van der Waals surface area contributed by atoms with Gasteiger partial charge in [-0.3, -0.25) is 0 Å². The van der Waals surface area contributed by atoms with Crippen LogP contribution in [0.2, 0.25) is 0 Å². The number of likely N-dealkylation sites (tertiary alicyclic amines) is 1. The fourth-order valence-electron chi connectivity index (χ4n) is 2.52. The molecule has 2 rings (SSSR count). The predicted molar refractivity (Wildman–Crippen MR) is 77.1 cm³/mol. The summed E-state index contributed by atoms with van der Waals surface area (Å²) in [6.07, 6.45) is 2.37. The first kappa shape index (κ1) is 14.5. The van der Waals surface area contributed by atoms with Crippen molar-refractivity contribution in [2.45, 2.75) is 30.8 Å². The Morgan fingerprint density at radius 1 is 1.47 bits per heavy atom. The number of amides is 2. The van der Waals surface area contributed by atoms with Crippen molar-refractivity contribution in [2.75, 3.05) is 33.4 Å². The quantitative estimate of drug-likeness (QED) is 0.628. The standard InChI is InChI=1S/C12H22N4O2S/c1-16-5-3-12(4-6-16,10(13)19)15-11(17)14-9-2-7-18-8-9/h9H,2-8H2,1H3,(H2,13,19)(H2,14,15,17). The summed E-state index contributed by atoms with van der Waals surface area (Å²) in [5.74, 6) is 0. The minimum Gasteiger partial charge on any atom is -0.391 e. The molecule has 2 heterocycles. The van der Waals surface area contributed by atoms with Crippen molar-refractivity contribution in [3.05, 3.63) is 0 Å². The van der Waals surface area contributed by atoms with E-state index in [9.17, 15) is 4.79 Å². The van der Waals surface area contributed by atoms with Crippen LogP contribution in [0, 0.1) is 0 Å². The van der Waals surface area contributed by atoms with E-state index in [0.717, 1.165) is 32.4 Å². The summed E-state index contributed by atoms with van der Waals surface area (Å²) in [5.41, 5.74) is 5.30. The Morgan fingerprint density at radius 3 is 2.68 bits per heavy atom. The molecule has 0 aliphatic carbocycles. The van der Waals surface area contributed by atoms with Gasteiger partial charge in [-0.15, -0.1) is 0 Å². The molecule has 19 heavy (non-hydrogen) atoms. The summed E-state index contributed by atoms with van der Waals surface area (Å²) in [5, 5.41) is 5.89. The Morgan fingerprint density at radius 2 is 2.16 bits per heavy atom. The molecule has 6 nitrogen and oxygen atoms in total. The van der Waals surface area contributed by atoms with E-state index in [0.29, 0.717) is 18.2 Å². The molecule has 0 bridgehead atoms. The van der Waals surface area contributed by atoms with Crippen LogP contribution in [-0.2, 0) is 4.74 Å². The van der Waals surface area contributed by atoms with E-state index in [4.69, 9.17) is 22.7 Å². The van der Waals surface area contributed by atoms with Crippen molar-refractivity contribution in [3.63, 3.8) is 0 Å². The first-order valence-electron chi connectivity index (χ1n) is 6.67. The number of rotatable bonds is 3. The van der Waals surface area contributed by atoms with Crippen LogP contribution in [0.5, 0.6) is 0 Å². The monoisotopic (exact) mass is 286 g/mol. The molecular weight excluding hydrogens is 264 g/mol. The largest absolute Gasteiger partial charge is 0.391 e. The van der Waals surface area contributed by atoms with Gasteiger partial charge in [-0.25, -0.2) is 4.79 Å². The van der Waals surface area contributed by atoms with Crippen LogP contribution < -0.4 is 16.4 Å². The van der Waals surface area contributed by atoms with E-state index >= 15 is 0 Å². The van der Waals surface area contributed by atoms with Crippen molar-refractivity contribution < 1.29 is 9.53 Å². The van der Waals surface area contributed by atoms with E-state index in [1.54, 1.807) is 0 Å². The van der Waals surface area contributed by atoms with Crippen LogP contribution in [-0.4, -0.2) is 60.9 Å². The van der Waals surface area contributed by atoms with Gasteiger partial charge in [0, 0.05) is 19.7 Å². The van der Waals surface area contributed by atoms with Crippen LogP contribution in [0.1, 0.15) is 19.3 Å². The third-order valence-electron chi connectivity index (χ3n) is 3.93. The number of ether oxygens (including phenoxy) is 1. The molecule has 2 fully saturated rings. The molecule has 1 atom stereocenters. The number of nitrogens with two attached hydrogens (primary N) is 1. The lowest BCUT2D eigenvalue weighted by Crippen LogP contribution is -2.63. The van der Waals surface area contributed by atoms with Crippen LogP contribution in [0.15, 0.2) is 0 Å². The highest BCUT2D eigenvalue weighted by atomic mass is 32.1. The molecular formula is C12H22N4O2S. The van der Waals surface area contributed by atoms with Crippen LogP contribution in [0.3, 0.4) is 0 Å². The third kappa shape index (κ3) is 3.55. The van der Waals surface area contributed by atoms with E-state index in [-0.39, 0.29) is 12.1 Å². The number of urea groups is 1. The molecule has 1 unspecified atom stereocenters. The van der Waals surface area contributed by atoms with Crippen LogP contribution in [0.4, 0.5) is 4.79 Å². The molecule has 2 aliphatic rings. The van der Waals surface area contributed by atoms with Gasteiger partial charge in [-0.05, 0) is 26.3 Å². The molecule has 0 spiro atoms. The normalized spacial score (nSPS) is 26.9. The van der Waals surface area contributed by atoms with Gasteiger partial charge in [-0.1, -0.05) is 12.2 Å².